The molecular formula is C16H26N2O2. The van der Waals surface area contributed by atoms with E-state index in [2.05, 4.69) is 24.0 Å². The van der Waals surface area contributed by atoms with E-state index in [0.717, 1.165) is 31.7 Å². The Bertz CT molecular complexity index is 436. The average molecular weight is 278 g/mol. The quantitative estimate of drug-likeness (QED) is 0.894. The van der Waals surface area contributed by atoms with Crippen LogP contribution in [-0.2, 0) is 11.3 Å². The molecule has 20 heavy (non-hydrogen) atoms. The third-order valence-electron chi connectivity index (χ3n) is 4.24. The van der Waals surface area contributed by atoms with Gasteiger partial charge in [-0.3, -0.25) is 4.90 Å². The second kappa shape index (κ2) is 7.07. The lowest BCUT2D eigenvalue weighted by Gasteiger charge is -2.38. The highest BCUT2D eigenvalue weighted by molar-refractivity contribution is 5.36. The minimum atomic E-state index is 0.359. The van der Waals surface area contributed by atoms with Crippen LogP contribution in [0.5, 0.6) is 5.75 Å². The summed E-state index contributed by atoms with van der Waals surface area (Å²) in [7, 11) is 3.50. The number of rotatable bonds is 5. The number of methoxy groups -OCH3 is 2. The minimum Gasteiger partial charge on any atom is -0.496 e. The molecule has 2 N–H and O–H groups in total. The summed E-state index contributed by atoms with van der Waals surface area (Å²) in [5.41, 5.74) is 8.42. The van der Waals surface area contributed by atoms with Crippen LogP contribution in [-0.4, -0.2) is 44.4 Å². The van der Waals surface area contributed by atoms with Gasteiger partial charge in [0.05, 0.1) is 13.2 Å². The normalized spacial score (nSPS) is 23.8. The van der Waals surface area contributed by atoms with Crippen molar-refractivity contribution in [2.24, 2.45) is 5.73 Å². The van der Waals surface area contributed by atoms with Gasteiger partial charge >= 0.3 is 0 Å². The molecule has 1 aromatic carbocycles. The van der Waals surface area contributed by atoms with Crippen molar-refractivity contribution in [2.45, 2.75) is 38.5 Å². The lowest BCUT2D eigenvalue weighted by molar-refractivity contribution is 0.0102. The van der Waals surface area contributed by atoms with Gasteiger partial charge in [-0.05, 0) is 37.0 Å². The fourth-order valence-corrected chi connectivity index (χ4v) is 3.00. The van der Waals surface area contributed by atoms with E-state index in [0.29, 0.717) is 18.7 Å². The Balaban J connectivity index is 2.03. The van der Waals surface area contributed by atoms with E-state index >= 15 is 0 Å². The molecule has 0 bridgehead atoms. The number of hydrogen-bond donors (Lipinski definition) is 1. The molecule has 112 valence electrons. The summed E-state index contributed by atoms with van der Waals surface area (Å²) in [5.74, 6) is 0.946. The van der Waals surface area contributed by atoms with E-state index in [4.69, 9.17) is 15.2 Å². The summed E-state index contributed by atoms with van der Waals surface area (Å²) in [5, 5.41) is 0. The van der Waals surface area contributed by atoms with Crippen molar-refractivity contribution in [2.75, 3.05) is 27.3 Å². The number of nitrogens with two attached hydrogens (primary N) is 1. The second-order valence-electron chi connectivity index (χ2n) is 5.55. The van der Waals surface area contributed by atoms with Gasteiger partial charge in [0, 0.05) is 32.8 Å². The van der Waals surface area contributed by atoms with Crippen molar-refractivity contribution in [3.8, 4) is 5.75 Å². The molecule has 4 heteroatoms. The zero-order valence-corrected chi connectivity index (χ0v) is 12.8. The van der Waals surface area contributed by atoms with E-state index in [1.807, 2.05) is 6.07 Å². The monoisotopic (exact) mass is 278 g/mol. The molecule has 0 spiro atoms. The predicted molar refractivity (Wildman–Crippen MR) is 81.0 cm³/mol. The molecule has 1 aromatic rings. The third-order valence-corrected chi connectivity index (χ3v) is 4.24. The number of piperidine rings is 1. The smallest absolute Gasteiger partial charge is 0.121 e. The predicted octanol–water partition coefficient (Wildman–Crippen LogP) is 1.94. The van der Waals surface area contributed by atoms with Gasteiger partial charge in [-0.2, -0.15) is 0 Å². The maximum absolute atomic E-state index is 5.92. The molecule has 1 aliphatic heterocycles. The Morgan fingerprint density at radius 2 is 2.15 bits per heavy atom. The zero-order chi connectivity index (χ0) is 14.5. The molecule has 1 saturated heterocycles. The van der Waals surface area contributed by atoms with Crippen LogP contribution in [0.4, 0.5) is 0 Å². The van der Waals surface area contributed by atoms with Gasteiger partial charge in [0.1, 0.15) is 5.75 Å². The first kappa shape index (κ1) is 15.3. The van der Waals surface area contributed by atoms with Crippen LogP contribution in [0.15, 0.2) is 18.2 Å². The largest absolute Gasteiger partial charge is 0.496 e. The first-order chi connectivity index (χ1) is 9.67. The number of nitrogens with zero attached hydrogens (tertiary/aromatic N) is 1. The van der Waals surface area contributed by atoms with E-state index in [-0.39, 0.29) is 0 Å². The molecule has 1 fully saturated rings. The van der Waals surface area contributed by atoms with Crippen LogP contribution in [0.3, 0.4) is 0 Å². The van der Waals surface area contributed by atoms with E-state index in [9.17, 15) is 0 Å². The first-order valence-corrected chi connectivity index (χ1v) is 7.28. The third kappa shape index (κ3) is 3.51. The maximum atomic E-state index is 5.92. The van der Waals surface area contributed by atoms with Gasteiger partial charge in [-0.1, -0.05) is 12.1 Å². The summed E-state index contributed by atoms with van der Waals surface area (Å²) in [6.07, 6.45) is 2.47. The van der Waals surface area contributed by atoms with Crippen molar-refractivity contribution >= 4 is 0 Å². The molecule has 0 amide bonds. The Hall–Kier alpha value is -1.10. The van der Waals surface area contributed by atoms with Gasteiger partial charge < -0.3 is 15.2 Å². The molecule has 1 heterocycles. The molecule has 0 aliphatic carbocycles. The average Bonchev–Trinajstić information content (AvgIpc) is 2.48. The molecule has 2 unspecified atom stereocenters. The van der Waals surface area contributed by atoms with Crippen molar-refractivity contribution in [1.29, 1.82) is 0 Å². The number of benzene rings is 1. The second-order valence-corrected chi connectivity index (χ2v) is 5.55. The van der Waals surface area contributed by atoms with Crippen LogP contribution >= 0.6 is 0 Å². The number of ether oxygens (including phenoxy) is 2. The lowest BCUT2D eigenvalue weighted by atomic mass is 9.98. The van der Waals surface area contributed by atoms with Gasteiger partial charge in [0.2, 0.25) is 0 Å². The minimum absolute atomic E-state index is 0.359. The van der Waals surface area contributed by atoms with Gasteiger partial charge in [0.25, 0.3) is 0 Å². The van der Waals surface area contributed by atoms with Gasteiger partial charge in [-0.15, -0.1) is 0 Å². The topological polar surface area (TPSA) is 47.7 Å². The van der Waals surface area contributed by atoms with E-state index < -0.39 is 0 Å². The summed E-state index contributed by atoms with van der Waals surface area (Å²) in [6.45, 7) is 4.77. The molecule has 2 atom stereocenters. The standard InChI is InChI=1S/C16H26N2O2/c1-12-8-13(4-5-16(12)20-3)11-18-7-6-15(19-2)9-14(18)10-17/h4-5,8,14-15H,6-7,9-11,17H2,1-3H3. The fraction of sp³-hybridized carbons (Fsp3) is 0.625. The number of likely N-dealkylation sites (tertiary alicyclic amines) is 1. The van der Waals surface area contributed by atoms with E-state index in [1.165, 1.54) is 11.1 Å². The SMILES string of the molecule is COc1ccc(CN2CCC(OC)CC2CN)cc1C. The summed E-state index contributed by atoms with van der Waals surface area (Å²) in [6, 6.07) is 6.80. The summed E-state index contributed by atoms with van der Waals surface area (Å²) >= 11 is 0. The van der Waals surface area contributed by atoms with Gasteiger partial charge in [0.15, 0.2) is 0 Å². The van der Waals surface area contributed by atoms with Crippen molar-refractivity contribution in [1.82, 2.24) is 4.90 Å². The van der Waals surface area contributed by atoms with Crippen molar-refractivity contribution in [3.63, 3.8) is 0 Å². The fourth-order valence-electron chi connectivity index (χ4n) is 3.00. The van der Waals surface area contributed by atoms with Crippen molar-refractivity contribution in [3.05, 3.63) is 29.3 Å². The highest BCUT2D eigenvalue weighted by Gasteiger charge is 2.27. The molecule has 0 aromatic heterocycles. The Morgan fingerprint density at radius 3 is 2.75 bits per heavy atom. The zero-order valence-electron chi connectivity index (χ0n) is 12.8. The molecule has 1 aliphatic rings. The van der Waals surface area contributed by atoms with Gasteiger partial charge in [-0.25, -0.2) is 0 Å². The number of aryl methyl sites for hydroxylation is 1. The van der Waals surface area contributed by atoms with Crippen LogP contribution < -0.4 is 10.5 Å². The summed E-state index contributed by atoms with van der Waals surface area (Å²) in [4.78, 5) is 2.47. The van der Waals surface area contributed by atoms with Crippen LogP contribution in [0.1, 0.15) is 24.0 Å². The van der Waals surface area contributed by atoms with E-state index in [1.54, 1.807) is 14.2 Å². The molecule has 0 saturated carbocycles. The maximum Gasteiger partial charge on any atom is 0.121 e. The first-order valence-electron chi connectivity index (χ1n) is 7.28. The molecule has 0 radical (unpaired) electrons. The Labute approximate surface area is 121 Å². The molecular weight excluding hydrogens is 252 g/mol. The molecule has 4 nitrogen and oxygen atoms in total. The van der Waals surface area contributed by atoms with Crippen LogP contribution in [0.25, 0.3) is 0 Å². The highest BCUT2D eigenvalue weighted by atomic mass is 16.5. The Kier molecular flexibility index (Phi) is 5.40. The highest BCUT2D eigenvalue weighted by Crippen LogP contribution is 2.24. The lowest BCUT2D eigenvalue weighted by Crippen LogP contribution is -2.47. The van der Waals surface area contributed by atoms with Crippen molar-refractivity contribution < 1.29 is 9.47 Å². The number of hydrogen-bond acceptors (Lipinski definition) is 4. The molecule has 2 rings (SSSR count). The van der Waals surface area contributed by atoms with Crippen LogP contribution in [0, 0.1) is 6.92 Å². The Morgan fingerprint density at radius 1 is 1.35 bits per heavy atom. The summed E-state index contributed by atoms with van der Waals surface area (Å²) < 4.78 is 10.8. The van der Waals surface area contributed by atoms with Crippen LogP contribution in [0.2, 0.25) is 0 Å².